The molecule has 3 aromatic rings. The van der Waals surface area contributed by atoms with Crippen LogP contribution in [-0.4, -0.2) is 39.5 Å². The fourth-order valence-electron chi connectivity index (χ4n) is 4.41. The molecule has 1 N–H and O–H groups in total. The number of methoxy groups -OCH3 is 1. The fraction of sp³-hybridized carbons (Fsp3) is 0.407. The third-order valence-corrected chi connectivity index (χ3v) is 8.69. The van der Waals surface area contributed by atoms with Gasteiger partial charge in [-0.15, -0.1) is 28.1 Å². The van der Waals surface area contributed by atoms with Gasteiger partial charge in [-0.05, 0) is 50.3 Å². The van der Waals surface area contributed by atoms with E-state index in [1.165, 1.54) is 36.6 Å². The van der Waals surface area contributed by atoms with Gasteiger partial charge in [0.25, 0.3) is 0 Å². The van der Waals surface area contributed by atoms with E-state index in [0.717, 1.165) is 42.5 Å². The topological polar surface area (TPSA) is 95.3 Å². The van der Waals surface area contributed by atoms with Gasteiger partial charge in [-0.25, -0.2) is 4.79 Å². The van der Waals surface area contributed by atoms with Gasteiger partial charge in [0.1, 0.15) is 10.8 Å². The summed E-state index contributed by atoms with van der Waals surface area (Å²) >= 11 is 8.99. The van der Waals surface area contributed by atoms with Crippen LogP contribution in [0.2, 0.25) is 5.02 Å². The van der Waals surface area contributed by atoms with Gasteiger partial charge >= 0.3 is 5.97 Å². The molecule has 1 amide bonds. The predicted octanol–water partition coefficient (Wildman–Crippen LogP) is 6.50. The first-order valence-electron chi connectivity index (χ1n) is 12.5. The number of halogens is 1. The zero-order valence-electron chi connectivity index (χ0n) is 21.5. The van der Waals surface area contributed by atoms with E-state index in [4.69, 9.17) is 21.1 Å². The number of benzene rings is 1. The van der Waals surface area contributed by atoms with Crippen molar-refractivity contribution in [1.29, 1.82) is 0 Å². The summed E-state index contributed by atoms with van der Waals surface area (Å²) in [6.45, 7) is 6.15. The Bertz CT molecular complexity index is 1310. The summed E-state index contributed by atoms with van der Waals surface area (Å²) in [5.74, 6) is 0.602. The minimum Gasteiger partial charge on any atom is -0.481 e. The van der Waals surface area contributed by atoms with Gasteiger partial charge in [0.2, 0.25) is 5.91 Å². The van der Waals surface area contributed by atoms with Gasteiger partial charge in [0.05, 0.1) is 23.4 Å². The summed E-state index contributed by atoms with van der Waals surface area (Å²) in [5.41, 5.74) is 1.52. The molecule has 1 aromatic carbocycles. The highest BCUT2D eigenvalue weighted by Crippen LogP contribution is 2.38. The van der Waals surface area contributed by atoms with E-state index in [2.05, 4.69) is 22.1 Å². The van der Waals surface area contributed by atoms with Crippen molar-refractivity contribution in [2.75, 3.05) is 18.2 Å². The van der Waals surface area contributed by atoms with Gasteiger partial charge in [-0.2, -0.15) is 0 Å². The monoisotopic (exact) mass is 574 g/mol. The molecule has 0 spiro atoms. The zero-order chi connectivity index (χ0) is 27.1. The number of esters is 1. The quantitative estimate of drug-likeness (QED) is 0.168. The molecule has 202 valence electrons. The van der Waals surface area contributed by atoms with E-state index in [1.807, 2.05) is 23.6 Å². The number of hydrogen-bond donors (Lipinski definition) is 1. The van der Waals surface area contributed by atoms with Crippen LogP contribution in [0, 0.1) is 0 Å². The predicted molar refractivity (Wildman–Crippen MR) is 152 cm³/mol. The van der Waals surface area contributed by atoms with Crippen molar-refractivity contribution in [2.45, 2.75) is 63.3 Å². The fourth-order valence-corrected chi connectivity index (χ4v) is 6.64. The Morgan fingerprint density at radius 3 is 2.74 bits per heavy atom. The number of aromatic nitrogens is 3. The molecule has 11 heteroatoms. The SMILES string of the molecule is C=CCn1c(SCC(=O)Nc2sc3c(c2C(=O)OC)CCCCCC3)nnc1C(C)Oc1ccccc1Cl. The Morgan fingerprint density at radius 2 is 2.00 bits per heavy atom. The lowest BCUT2D eigenvalue weighted by Crippen LogP contribution is -2.17. The van der Waals surface area contributed by atoms with E-state index in [9.17, 15) is 9.59 Å². The maximum Gasteiger partial charge on any atom is 0.341 e. The number of aryl methyl sites for hydroxylation is 1. The second-order valence-corrected chi connectivity index (χ2v) is 11.3. The molecule has 0 saturated heterocycles. The molecule has 0 aliphatic heterocycles. The summed E-state index contributed by atoms with van der Waals surface area (Å²) in [4.78, 5) is 26.8. The number of nitrogens with zero attached hydrogens (tertiary/aromatic N) is 3. The molecule has 0 bridgehead atoms. The highest BCUT2D eigenvalue weighted by Gasteiger charge is 2.26. The molecule has 1 unspecified atom stereocenters. The first-order chi connectivity index (χ1) is 18.4. The number of allylic oxidation sites excluding steroid dienone is 1. The number of hydrogen-bond acceptors (Lipinski definition) is 8. The van der Waals surface area contributed by atoms with E-state index < -0.39 is 12.1 Å². The average Bonchev–Trinajstić information content (AvgIpc) is 3.44. The summed E-state index contributed by atoms with van der Waals surface area (Å²) in [6.07, 6.45) is 7.47. The minimum absolute atomic E-state index is 0.0954. The first kappa shape index (κ1) is 28.2. The standard InChI is InChI=1S/C27H31ClN4O4S2/c1-4-15-32-24(17(2)36-20-13-10-9-12-19(20)28)30-31-27(32)37-16-22(33)29-25-23(26(34)35-3)18-11-7-5-6-8-14-21(18)38-25/h4,9-10,12-13,17H,1,5-8,11,14-16H2,2-3H3,(H,29,33). The van der Waals surface area contributed by atoms with Crippen LogP contribution in [0.15, 0.2) is 42.1 Å². The van der Waals surface area contributed by atoms with Crippen molar-refractivity contribution in [1.82, 2.24) is 14.8 Å². The number of amides is 1. The summed E-state index contributed by atoms with van der Waals surface area (Å²) < 4.78 is 12.9. The van der Waals surface area contributed by atoms with Crippen LogP contribution < -0.4 is 10.1 Å². The van der Waals surface area contributed by atoms with E-state index >= 15 is 0 Å². The van der Waals surface area contributed by atoms with Crippen LogP contribution in [0.3, 0.4) is 0 Å². The molecule has 8 nitrogen and oxygen atoms in total. The number of anilines is 1. The number of rotatable bonds is 10. The summed E-state index contributed by atoms with van der Waals surface area (Å²) in [6, 6.07) is 7.24. The molecule has 38 heavy (non-hydrogen) atoms. The largest absolute Gasteiger partial charge is 0.481 e. The van der Waals surface area contributed by atoms with Crippen molar-refractivity contribution in [3.63, 3.8) is 0 Å². The lowest BCUT2D eigenvalue weighted by atomic mass is 9.96. The Balaban J connectivity index is 1.47. The Kier molecular flexibility index (Phi) is 9.87. The van der Waals surface area contributed by atoms with Gasteiger partial charge in [-0.1, -0.05) is 54.4 Å². The van der Waals surface area contributed by atoms with Crippen LogP contribution >= 0.6 is 34.7 Å². The van der Waals surface area contributed by atoms with Crippen LogP contribution in [-0.2, 0) is 28.9 Å². The summed E-state index contributed by atoms with van der Waals surface area (Å²) in [5, 5.41) is 13.2. The number of carbonyl (C=O) groups is 2. The van der Waals surface area contributed by atoms with Crippen LogP contribution in [0.25, 0.3) is 0 Å². The molecule has 1 atom stereocenters. The van der Waals surface area contributed by atoms with E-state index in [0.29, 0.717) is 38.9 Å². The molecular formula is C27H31ClN4O4S2. The van der Waals surface area contributed by atoms with Crippen LogP contribution in [0.1, 0.15) is 65.3 Å². The van der Waals surface area contributed by atoms with E-state index in [1.54, 1.807) is 18.2 Å². The van der Waals surface area contributed by atoms with Crippen molar-refractivity contribution < 1.29 is 19.1 Å². The van der Waals surface area contributed by atoms with Crippen molar-refractivity contribution >= 4 is 51.6 Å². The average molecular weight is 575 g/mol. The number of thiophene rings is 1. The number of fused-ring (bicyclic) bond motifs is 1. The highest BCUT2D eigenvalue weighted by molar-refractivity contribution is 7.99. The van der Waals surface area contributed by atoms with Gasteiger partial charge < -0.3 is 14.8 Å². The Labute approximate surface area is 235 Å². The molecule has 2 aromatic heterocycles. The smallest absolute Gasteiger partial charge is 0.341 e. The maximum absolute atomic E-state index is 13.0. The number of carbonyl (C=O) groups excluding carboxylic acids is 2. The molecule has 0 fully saturated rings. The number of para-hydroxylation sites is 1. The van der Waals surface area contributed by atoms with Crippen molar-refractivity contribution in [2.24, 2.45) is 0 Å². The molecule has 4 rings (SSSR count). The molecule has 1 aliphatic rings. The van der Waals surface area contributed by atoms with Crippen LogP contribution in [0.4, 0.5) is 5.00 Å². The maximum atomic E-state index is 13.0. The lowest BCUT2D eigenvalue weighted by Gasteiger charge is -2.16. The minimum atomic E-state index is -0.432. The zero-order valence-corrected chi connectivity index (χ0v) is 23.9. The number of nitrogens with one attached hydrogen (secondary N) is 1. The number of thioether (sulfide) groups is 1. The van der Waals surface area contributed by atoms with Crippen LogP contribution in [0.5, 0.6) is 5.75 Å². The Morgan fingerprint density at radius 1 is 1.24 bits per heavy atom. The molecule has 0 saturated carbocycles. The van der Waals surface area contributed by atoms with Gasteiger partial charge in [0, 0.05) is 11.4 Å². The van der Waals surface area contributed by atoms with Crippen molar-refractivity contribution in [3.05, 3.63) is 63.8 Å². The Hall–Kier alpha value is -2.82. The van der Waals surface area contributed by atoms with Crippen molar-refractivity contribution in [3.8, 4) is 5.75 Å². The second kappa shape index (κ2) is 13.3. The van der Waals surface area contributed by atoms with Gasteiger partial charge in [0.15, 0.2) is 17.1 Å². The molecule has 0 radical (unpaired) electrons. The second-order valence-electron chi connectivity index (χ2n) is 8.88. The van der Waals surface area contributed by atoms with E-state index in [-0.39, 0.29) is 11.7 Å². The first-order valence-corrected chi connectivity index (χ1v) is 14.7. The van der Waals surface area contributed by atoms with Gasteiger partial charge in [-0.3, -0.25) is 9.36 Å². The normalized spacial score (nSPS) is 14.1. The summed E-state index contributed by atoms with van der Waals surface area (Å²) in [7, 11) is 1.37. The third kappa shape index (κ3) is 6.59. The number of ether oxygens (including phenoxy) is 2. The third-order valence-electron chi connectivity index (χ3n) is 6.21. The molecular weight excluding hydrogens is 544 g/mol. The molecule has 2 heterocycles. The highest BCUT2D eigenvalue weighted by atomic mass is 35.5. The molecule has 1 aliphatic carbocycles. The lowest BCUT2D eigenvalue weighted by molar-refractivity contribution is -0.113.